The van der Waals surface area contributed by atoms with Crippen LogP contribution in [0.3, 0.4) is 0 Å². The van der Waals surface area contributed by atoms with E-state index in [1.807, 2.05) is 19.1 Å². The van der Waals surface area contributed by atoms with Crippen molar-refractivity contribution in [3.63, 3.8) is 0 Å². The van der Waals surface area contributed by atoms with Gasteiger partial charge in [-0.2, -0.15) is 10.2 Å². The van der Waals surface area contributed by atoms with Crippen molar-refractivity contribution in [3.05, 3.63) is 53.4 Å². The van der Waals surface area contributed by atoms with Crippen LogP contribution in [0.5, 0.6) is 0 Å². The van der Waals surface area contributed by atoms with Gasteiger partial charge in [-0.3, -0.25) is 0 Å². The number of nitrogens with zero attached hydrogens (tertiary/aromatic N) is 4. The van der Waals surface area contributed by atoms with Crippen molar-refractivity contribution < 1.29 is 0 Å². The van der Waals surface area contributed by atoms with Crippen molar-refractivity contribution >= 4 is 29.0 Å². The second kappa shape index (κ2) is 6.65. The molecule has 23 heavy (non-hydrogen) atoms. The second-order valence-electron chi connectivity index (χ2n) is 5.70. The minimum absolute atomic E-state index is 0.717. The fourth-order valence-electron chi connectivity index (χ4n) is 2.87. The smallest absolute Gasteiger partial charge is 0.124 e. The predicted octanol–water partition coefficient (Wildman–Crippen LogP) is 4.59. The van der Waals surface area contributed by atoms with Gasteiger partial charge in [0.05, 0.1) is 11.7 Å². The van der Waals surface area contributed by atoms with Gasteiger partial charge in [0.15, 0.2) is 0 Å². The highest BCUT2D eigenvalue weighted by Crippen LogP contribution is 2.33. The van der Waals surface area contributed by atoms with Crippen molar-refractivity contribution in [2.45, 2.75) is 33.1 Å². The summed E-state index contributed by atoms with van der Waals surface area (Å²) in [5, 5.41) is 9.18. The minimum atomic E-state index is 0.717. The number of hydrogen-bond donors (Lipinski definition) is 0. The van der Waals surface area contributed by atoms with E-state index < -0.39 is 0 Å². The highest BCUT2D eigenvalue weighted by atomic mass is 15.1. The quantitative estimate of drug-likeness (QED) is 0.602. The van der Waals surface area contributed by atoms with Crippen LogP contribution >= 0.6 is 0 Å². The molecule has 1 heterocycles. The van der Waals surface area contributed by atoms with Gasteiger partial charge in [-0.05, 0) is 74.7 Å². The Hall–Kier alpha value is -2.62. The van der Waals surface area contributed by atoms with Crippen molar-refractivity contribution in [1.29, 1.82) is 0 Å². The van der Waals surface area contributed by atoms with Crippen LogP contribution in [0.1, 0.15) is 38.7 Å². The first-order chi connectivity index (χ1) is 11.2. The van der Waals surface area contributed by atoms with E-state index in [1.54, 1.807) is 6.20 Å². The van der Waals surface area contributed by atoms with Crippen LogP contribution in [0.2, 0.25) is 0 Å². The summed E-state index contributed by atoms with van der Waals surface area (Å²) >= 11 is 0. The average molecular weight is 304 g/mol. The number of aliphatic imine (C=N–C) groups is 2. The summed E-state index contributed by atoms with van der Waals surface area (Å²) in [6.45, 7) is 7.58. The van der Waals surface area contributed by atoms with Crippen LogP contribution < -0.4 is 0 Å². The molecular weight excluding hydrogens is 284 g/mol. The third-order valence-electron chi connectivity index (χ3n) is 4.15. The van der Waals surface area contributed by atoms with E-state index >= 15 is 0 Å². The monoisotopic (exact) mass is 304 g/mol. The summed E-state index contributed by atoms with van der Waals surface area (Å²) in [6, 6.07) is 8.30. The summed E-state index contributed by atoms with van der Waals surface area (Å²) < 4.78 is 0. The zero-order valence-electron chi connectivity index (χ0n) is 13.6. The molecular formula is C19H20N4. The highest BCUT2D eigenvalue weighted by Gasteiger charge is 2.13. The van der Waals surface area contributed by atoms with Gasteiger partial charge in [-0.25, -0.2) is 9.98 Å². The lowest BCUT2D eigenvalue weighted by atomic mass is 9.96. The molecule has 0 fully saturated rings. The Morgan fingerprint density at radius 1 is 1.26 bits per heavy atom. The summed E-state index contributed by atoms with van der Waals surface area (Å²) in [5.74, 6) is 0.717. The van der Waals surface area contributed by atoms with Gasteiger partial charge in [0.1, 0.15) is 5.84 Å². The number of fused-ring (bicyclic) bond motifs is 1. The third-order valence-corrected chi connectivity index (χ3v) is 4.15. The Morgan fingerprint density at radius 2 is 2.13 bits per heavy atom. The first-order valence-corrected chi connectivity index (χ1v) is 7.83. The molecule has 0 unspecified atom stereocenters. The van der Waals surface area contributed by atoms with Gasteiger partial charge in [0.25, 0.3) is 0 Å². The minimum Gasteiger partial charge on any atom is -0.250 e. The van der Waals surface area contributed by atoms with Gasteiger partial charge >= 0.3 is 0 Å². The van der Waals surface area contributed by atoms with Crippen molar-refractivity contribution in [3.8, 4) is 0 Å². The number of rotatable bonds is 2. The van der Waals surface area contributed by atoms with Crippen LogP contribution in [0, 0.1) is 0 Å². The average Bonchev–Trinajstić information content (AvgIpc) is 2.76. The van der Waals surface area contributed by atoms with Crippen LogP contribution in [0.4, 0.5) is 0 Å². The molecule has 4 nitrogen and oxygen atoms in total. The van der Waals surface area contributed by atoms with Gasteiger partial charge in [-0.1, -0.05) is 12.1 Å². The van der Waals surface area contributed by atoms with Gasteiger partial charge in [0, 0.05) is 11.1 Å². The van der Waals surface area contributed by atoms with Gasteiger partial charge in [-0.15, -0.1) is 0 Å². The zero-order chi connectivity index (χ0) is 16.2. The summed E-state index contributed by atoms with van der Waals surface area (Å²) in [7, 11) is 0. The number of aromatic nitrogens is 2. The molecule has 116 valence electrons. The number of allylic oxidation sites excluding steroid dienone is 4. The standard InChI is InChI=1S/C19H20N4/c1-13-17(6-4-5-7-18(13)22-14(2)20-3)15-8-9-19-16(12-15)10-11-21-23-19/h6,8-12H,3-5,7H2,1-2H3. The first-order valence-electron chi connectivity index (χ1n) is 7.83. The Labute approximate surface area is 136 Å². The molecule has 0 bridgehead atoms. The molecule has 1 aromatic heterocycles. The lowest BCUT2D eigenvalue weighted by Crippen LogP contribution is -1.94. The molecule has 0 saturated carbocycles. The van der Waals surface area contributed by atoms with E-state index in [4.69, 9.17) is 0 Å². The van der Waals surface area contributed by atoms with Gasteiger partial charge in [0.2, 0.25) is 0 Å². The lowest BCUT2D eigenvalue weighted by Gasteiger charge is -2.11. The van der Waals surface area contributed by atoms with E-state index in [1.165, 1.54) is 16.7 Å². The molecule has 1 aromatic carbocycles. The third kappa shape index (κ3) is 3.26. The predicted molar refractivity (Wildman–Crippen MR) is 96.7 cm³/mol. The zero-order valence-corrected chi connectivity index (χ0v) is 13.6. The van der Waals surface area contributed by atoms with Crippen molar-refractivity contribution in [2.75, 3.05) is 0 Å². The first kappa shape index (κ1) is 15.3. The van der Waals surface area contributed by atoms with Crippen LogP contribution in [0.15, 0.2) is 57.8 Å². The number of hydrogen-bond acceptors (Lipinski definition) is 3. The molecule has 4 heteroatoms. The lowest BCUT2D eigenvalue weighted by molar-refractivity contribution is 0.829. The molecule has 1 aliphatic carbocycles. The maximum Gasteiger partial charge on any atom is 0.124 e. The molecule has 0 spiro atoms. The fraction of sp³-hybridized carbons (Fsp3) is 0.263. The molecule has 0 radical (unpaired) electrons. The Kier molecular flexibility index (Phi) is 4.42. The molecule has 0 amide bonds. The molecule has 0 N–H and O–H groups in total. The van der Waals surface area contributed by atoms with E-state index in [-0.39, 0.29) is 0 Å². The summed E-state index contributed by atoms with van der Waals surface area (Å²) in [5.41, 5.74) is 5.68. The van der Waals surface area contributed by atoms with E-state index in [0.717, 1.165) is 41.7 Å². The van der Waals surface area contributed by atoms with E-state index in [2.05, 4.69) is 52.0 Å². The van der Waals surface area contributed by atoms with Crippen molar-refractivity contribution in [1.82, 2.24) is 10.2 Å². The number of amidine groups is 1. The summed E-state index contributed by atoms with van der Waals surface area (Å²) in [6.07, 6.45) is 7.16. The Bertz CT molecular complexity index is 843. The SMILES string of the molecule is C=NC(C)=NC1=C(C)C(c2ccc3nnccc3c2)=CCCC1. The van der Waals surface area contributed by atoms with Crippen LogP contribution in [0.25, 0.3) is 16.5 Å². The highest BCUT2D eigenvalue weighted by molar-refractivity contribution is 5.88. The maximum absolute atomic E-state index is 4.64. The van der Waals surface area contributed by atoms with Crippen molar-refractivity contribution in [2.24, 2.45) is 9.98 Å². The number of benzene rings is 1. The molecule has 0 aliphatic heterocycles. The molecule has 2 aromatic rings. The normalized spacial score (nSPS) is 16.3. The molecule has 1 aliphatic rings. The van der Waals surface area contributed by atoms with E-state index in [9.17, 15) is 0 Å². The maximum atomic E-state index is 4.64. The van der Waals surface area contributed by atoms with Crippen LogP contribution in [-0.2, 0) is 0 Å². The summed E-state index contributed by atoms with van der Waals surface area (Å²) in [4.78, 5) is 8.55. The molecule has 0 saturated heterocycles. The van der Waals surface area contributed by atoms with Gasteiger partial charge < -0.3 is 0 Å². The Morgan fingerprint density at radius 3 is 2.96 bits per heavy atom. The second-order valence-corrected chi connectivity index (χ2v) is 5.70. The largest absolute Gasteiger partial charge is 0.250 e. The van der Waals surface area contributed by atoms with E-state index in [0.29, 0.717) is 0 Å². The van der Waals surface area contributed by atoms with Crippen LogP contribution in [-0.4, -0.2) is 22.8 Å². The topological polar surface area (TPSA) is 50.5 Å². The molecule has 3 rings (SSSR count). The molecule has 0 atom stereocenters. The Balaban J connectivity index is 2.09. The fourth-order valence-corrected chi connectivity index (χ4v) is 2.87.